The van der Waals surface area contributed by atoms with Crippen LogP contribution in [0.2, 0.25) is 0 Å². The number of methoxy groups -OCH3 is 2. The predicted octanol–water partition coefficient (Wildman–Crippen LogP) is 4.37. The van der Waals surface area contributed by atoms with E-state index in [2.05, 4.69) is 0 Å². The highest BCUT2D eigenvalue weighted by atomic mass is 19.1. The summed E-state index contributed by atoms with van der Waals surface area (Å²) in [6.07, 6.45) is 1.79. The minimum absolute atomic E-state index is 0.0232. The van der Waals surface area contributed by atoms with E-state index in [0.29, 0.717) is 47.7 Å². The van der Waals surface area contributed by atoms with E-state index >= 15 is 0 Å². The Bertz CT molecular complexity index is 1010. The van der Waals surface area contributed by atoms with Crippen LogP contribution < -0.4 is 14.4 Å². The summed E-state index contributed by atoms with van der Waals surface area (Å²) < 4.78 is 24.7. The number of benzene rings is 2. The number of rotatable bonds is 4. The Kier molecular flexibility index (Phi) is 5.09. The third kappa shape index (κ3) is 3.39. The zero-order chi connectivity index (χ0) is 20.5. The van der Waals surface area contributed by atoms with Crippen LogP contribution in [0.1, 0.15) is 37.2 Å². The fraction of sp³-hybridized carbons (Fsp3) is 0.304. The largest absolute Gasteiger partial charge is 0.497 e. The topological polar surface area (TPSA) is 55.8 Å². The highest BCUT2D eigenvalue weighted by Gasteiger charge is 2.40. The lowest BCUT2D eigenvalue weighted by atomic mass is 9.76. The lowest BCUT2D eigenvalue weighted by Crippen LogP contribution is -2.40. The number of nitrogens with zero attached hydrogens (tertiary/aromatic N) is 1. The lowest BCUT2D eigenvalue weighted by Gasteiger charge is -2.38. The van der Waals surface area contributed by atoms with Crippen LogP contribution in [0.3, 0.4) is 0 Å². The quantitative estimate of drug-likeness (QED) is 0.771. The minimum Gasteiger partial charge on any atom is -0.497 e. The number of hydrogen-bond acceptors (Lipinski definition) is 4. The average molecular weight is 395 g/mol. The molecule has 0 radical (unpaired) electrons. The summed E-state index contributed by atoms with van der Waals surface area (Å²) in [6, 6.07) is 11.3. The summed E-state index contributed by atoms with van der Waals surface area (Å²) in [5, 5.41) is 0. The molecule has 1 aliphatic heterocycles. The maximum Gasteiger partial charge on any atom is 0.232 e. The summed E-state index contributed by atoms with van der Waals surface area (Å²) in [4.78, 5) is 27.7. The van der Waals surface area contributed by atoms with Crippen LogP contribution in [-0.2, 0) is 9.59 Å². The van der Waals surface area contributed by atoms with Crippen LogP contribution in [0.15, 0.2) is 53.7 Å². The van der Waals surface area contributed by atoms with Crippen molar-refractivity contribution in [3.63, 3.8) is 0 Å². The Balaban J connectivity index is 1.89. The molecule has 1 amide bonds. The Labute approximate surface area is 168 Å². The molecule has 6 heteroatoms. The van der Waals surface area contributed by atoms with Crippen molar-refractivity contribution in [3.8, 4) is 11.5 Å². The van der Waals surface area contributed by atoms with Gasteiger partial charge < -0.3 is 9.47 Å². The Morgan fingerprint density at radius 1 is 1.03 bits per heavy atom. The Hall–Kier alpha value is -3.15. The van der Waals surface area contributed by atoms with Crippen molar-refractivity contribution >= 4 is 17.4 Å². The van der Waals surface area contributed by atoms with Gasteiger partial charge in [0.15, 0.2) is 5.78 Å². The molecule has 29 heavy (non-hydrogen) atoms. The predicted molar refractivity (Wildman–Crippen MR) is 107 cm³/mol. The number of Topliss-reactive ketones (excluding diaryl/α,β-unsaturated/α-hetero) is 1. The van der Waals surface area contributed by atoms with E-state index in [1.807, 2.05) is 6.07 Å². The molecule has 0 bridgehead atoms. The average Bonchev–Trinajstić information content (AvgIpc) is 2.72. The van der Waals surface area contributed by atoms with Crippen LogP contribution in [-0.4, -0.2) is 25.9 Å². The monoisotopic (exact) mass is 395 g/mol. The molecule has 1 heterocycles. The Morgan fingerprint density at radius 3 is 2.59 bits per heavy atom. The molecule has 0 spiro atoms. The first kappa shape index (κ1) is 19.2. The van der Waals surface area contributed by atoms with Gasteiger partial charge in [-0.15, -0.1) is 0 Å². The lowest BCUT2D eigenvalue weighted by molar-refractivity contribution is -0.119. The van der Waals surface area contributed by atoms with Gasteiger partial charge in [0.1, 0.15) is 17.3 Å². The van der Waals surface area contributed by atoms with E-state index in [9.17, 15) is 14.0 Å². The molecule has 1 atom stereocenters. The van der Waals surface area contributed by atoms with Gasteiger partial charge >= 0.3 is 0 Å². The molecule has 0 unspecified atom stereocenters. The zero-order valence-electron chi connectivity index (χ0n) is 16.4. The highest BCUT2D eigenvalue weighted by Crippen LogP contribution is 2.46. The molecule has 150 valence electrons. The van der Waals surface area contributed by atoms with Crippen LogP contribution in [0.25, 0.3) is 0 Å². The zero-order valence-corrected chi connectivity index (χ0v) is 16.4. The molecule has 5 nitrogen and oxygen atoms in total. The van der Waals surface area contributed by atoms with Gasteiger partial charge in [-0.25, -0.2) is 4.39 Å². The number of anilines is 1. The molecule has 1 aliphatic carbocycles. The molecule has 0 fully saturated rings. The fourth-order valence-electron chi connectivity index (χ4n) is 4.29. The summed E-state index contributed by atoms with van der Waals surface area (Å²) in [5.41, 5.74) is 2.49. The highest BCUT2D eigenvalue weighted by molar-refractivity contribution is 6.07. The summed E-state index contributed by atoms with van der Waals surface area (Å²) in [7, 11) is 3.13. The van der Waals surface area contributed by atoms with Gasteiger partial charge in [0.2, 0.25) is 5.91 Å². The van der Waals surface area contributed by atoms with Crippen molar-refractivity contribution < 1.29 is 23.5 Å². The van der Waals surface area contributed by atoms with Gasteiger partial charge in [0.05, 0.1) is 19.9 Å². The molecule has 2 aromatic rings. The second-order valence-electron chi connectivity index (χ2n) is 7.21. The van der Waals surface area contributed by atoms with Crippen molar-refractivity contribution in [2.75, 3.05) is 19.1 Å². The van der Waals surface area contributed by atoms with Crippen molar-refractivity contribution in [2.24, 2.45) is 0 Å². The molecule has 0 saturated heterocycles. The SMILES string of the molecule is COc1ccc(OC)c([C@H]2CC(=O)N(c3cccc(F)c3)C3=C2C(=O)CCC3)c1. The van der Waals surface area contributed by atoms with Gasteiger partial charge in [-0.1, -0.05) is 6.07 Å². The molecule has 0 saturated carbocycles. The van der Waals surface area contributed by atoms with E-state index in [0.717, 1.165) is 5.56 Å². The van der Waals surface area contributed by atoms with Gasteiger partial charge in [-0.3, -0.25) is 14.5 Å². The normalized spacial score (nSPS) is 19.3. The van der Waals surface area contributed by atoms with Gasteiger partial charge in [-0.2, -0.15) is 0 Å². The van der Waals surface area contributed by atoms with Crippen LogP contribution in [0.5, 0.6) is 11.5 Å². The smallest absolute Gasteiger partial charge is 0.232 e. The van der Waals surface area contributed by atoms with E-state index < -0.39 is 11.7 Å². The number of allylic oxidation sites excluding steroid dienone is 2. The summed E-state index contributed by atoms with van der Waals surface area (Å²) in [5.74, 6) is 0.254. The third-order valence-corrected chi connectivity index (χ3v) is 5.55. The fourth-order valence-corrected chi connectivity index (χ4v) is 4.29. The molecular weight excluding hydrogens is 373 g/mol. The van der Waals surface area contributed by atoms with Crippen molar-refractivity contribution in [2.45, 2.75) is 31.6 Å². The standard InChI is InChI=1S/C23H22FNO4/c1-28-16-9-10-21(29-2)17(12-16)18-13-22(27)25(15-6-3-5-14(24)11-15)19-7-4-8-20(26)23(18)19/h3,5-6,9-12,18H,4,7-8,13H2,1-2H3/t18-/m1/s1. The second-order valence-corrected chi connectivity index (χ2v) is 7.21. The number of amides is 1. The maximum atomic E-state index is 13.8. The van der Waals surface area contributed by atoms with Gasteiger partial charge in [0, 0.05) is 35.6 Å². The molecule has 4 rings (SSSR count). The maximum absolute atomic E-state index is 13.8. The summed E-state index contributed by atoms with van der Waals surface area (Å²) >= 11 is 0. The van der Waals surface area contributed by atoms with Crippen molar-refractivity contribution in [1.29, 1.82) is 0 Å². The van der Waals surface area contributed by atoms with Crippen LogP contribution in [0, 0.1) is 5.82 Å². The summed E-state index contributed by atoms with van der Waals surface area (Å²) in [6.45, 7) is 0. The van der Waals surface area contributed by atoms with E-state index in [-0.39, 0.29) is 18.1 Å². The molecule has 2 aliphatic rings. The van der Waals surface area contributed by atoms with E-state index in [1.165, 1.54) is 17.0 Å². The first-order chi connectivity index (χ1) is 14.0. The minimum atomic E-state index is -0.420. The van der Waals surface area contributed by atoms with Crippen LogP contribution in [0.4, 0.5) is 10.1 Å². The van der Waals surface area contributed by atoms with Gasteiger partial charge in [0.25, 0.3) is 0 Å². The first-order valence-electron chi connectivity index (χ1n) is 9.60. The molecule has 0 aromatic heterocycles. The molecule has 0 N–H and O–H groups in total. The molecular formula is C23H22FNO4. The van der Waals surface area contributed by atoms with E-state index in [4.69, 9.17) is 9.47 Å². The number of hydrogen-bond donors (Lipinski definition) is 0. The van der Waals surface area contributed by atoms with Crippen molar-refractivity contribution in [1.82, 2.24) is 0 Å². The number of carbonyl (C=O) groups excluding carboxylic acids is 2. The second kappa shape index (κ2) is 7.70. The first-order valence-corrected chi connectivity index (χ1v) is 9.60. The third-order valence-electron chi connectivity index (χ3n) is 5.55. The number of ketones is 1. The van der Waals surface area contributed by atoms with Crippen LogP contribution >= 0.6 is 0 Å². The van der Waals surface area contributed by atoms with Crippen molar-refractivity contribution in [3.05, 3.63) is 65.1 Å². The molecule has 2 aromatic carbocycles. The number of halogens is 1. The number of ether oxygens (including phenoxy) is 2. The Morgan fingerprint density at radius 2 is 1.86 bits per heavy atom. The number of carbonyl (C=O) groups is 2. The van der Waals surface area contributed by atoms with Gasteiger partial charge in [-0.05, 0) is 49.2 Å². The van der Waals surface area contributed by atoms with E-state index in [1.54, 1.807) is 38.5 Å².